The molecule has 0 radical (unpaired) electrons. The number of hydrogen-bond donors (Lipinski definition) is 5. The van der Waals surface area contributed by atoms with Crippen LogP contribution in [0, 0.1) is 29.6 Å². The van der Waals surface area contributed by atoms with Crippen molar-refractivity contribution in [1.29, 1.82) is 0 Å². The molecule has 0 aromatic heterocycles. The molecular formula is C32H55N3O8. The normalized spacial score (nSPS) is 15.1. The molecule has 2 amide bonds. The first-order chi connectivity index (χ1) is 20.2. The number of hydrogen-bond acceptors (Lipinski definition) is 8. The third kappa shape index (κ3) is 13.1. The first-order valence-electron chi connectivity index (χ1n) is 15.2. The molecule has 11 nitrogen and oxygen atoms in total. The smallest absolute Gasteiger partial charge is 0.306 e. The van der Waals surface area contributed by atoms with Crippen LogP contribution in [0.1, 0.15) is 66.4 Å². The summed E-state index contributed by atoms with van der Waals surface area (Å²) in [4.78, 5) is 37.4. The van der Waals surface area contributed by atoms with Crippen LogP contribution in [0.3, 0.4) is 0 Å². The van der Waals surface area contributed by atoms with E-state index >= 15 is 0 Å². The zero-order valence-electron chi connectivity index (χ0n) is 27.2. The summed E-state index contributed by atoms with van der Waals surface area (Å²) in [7, 11) is 3.23. The van der Waals surface area contributed by atoms with Gasteiger partial charge in [0, 0.05) is 20.1 Å². The average molecular weight is 610 g/mol. The molecule has 0 aliphatic carbocycles. The molecule has 5 atom stereocenters. The lowest BCUT2D eigenvalue weighted by atomic mass is 9.80. The van der Waals surface area contributed by atoms with E-state index in [0.717, 1.165) is 12.0 Å². The molecule has 0 unspecified atom stereocenters. The van der Waals surface area contributed by atoms with E-state index in [-0.39, 0.29) is 36.6 Å². The number of aliphatic hydroxyl groups excluding tert-OH is 1. The van der Waals surface area contributed by atoms with Crippen LogP contribution >= 0.6 is 0 Å². The van der Waals surface area contributed by atoms with Gasteiger partial charge in [-0.2, -0.15) is 0 Å². The highest BCUT2D eigenvalue weighted by Gasteiger charge is 2.34. The maximum absolute atomic E-state index is 13.4. The second-order valence-corrected chi connectivity index (χ2v) is 12.2. The Morgan fingerprint density at radius 2 is 1.58 bits per heavy atom. The van der Waals surface area contributed by atoms with Gasteiger partial charge in [0.25, 0.3) is 0 Å². The van der Waals surface area contributed by atoms with Crippen molar-refractivity contribution in [3.05, 3.63) is 23.8 Å². The summed E-state index contributed by atoms with van der Waals surface area (Å²) in [6.07, 6.45) is 0.600. The number of methoxy groups -OCH3 is 2. The van der Waals surface area contributed by atoms with Crippen molar-refractivity contribution >= 4 is 17.8 Å². The lowest BCUT2D eigenvalue weighted by molar-refractivity contribution is -0.144. The van der Waals surface area contributed by atoms with Crippen LogP contribution in [-0.4, -0.2) is 80.2 Å². The first-order valence-corrected chi connectivity index (χ1v) is 15.2. The van der Waals surface area contributed by atoms with Gasteiger partial charge in [-0.25, -0.2) is 0 Å². The van der Waals surface area contributed by atoms with Crippen LogP contribution in [0.15, 0.2) is 18.2 Å². The molecule has 11 heteroatoms. The molecule has 0 fully saturated rings. The van der Waals surface area contributed by atoms with Gasteiger partial charge in [0.2, 0.25) is 11.8 Å². The summed E-state index contributed by atoms with van der Waals surface area (Å²) < 4.78 is 16.5. The molecule has 0 saturated heterocycles. The lowest BCUT2D eigenvalue weighted by Crippen LogP contribution is -2.56. The van der Waals surface area contributed by atoms with E-state index in [0.29, 0.717) is 37.6 Å². The van der Waals surface area contributed by atoms with E-state index in [2.05, 4.69) is 24.5 Å². The van der Waals surface area contributed by atoms with Gasteiger partial charge < -0.3 is 40.8 Å². The van der Waals surface area contributed by atoms with Crippen LogP contribution in [-0.2, 0) is 25.5 Å². The van der Waals surface area contributed by atoms with Crippen molar-refractivity contribution in [3.63, 3.8) is 0 Å². The molecular weight excluding hydrogens is 554 g/mol. The SMILES string of the molecule is COCCCOc1cc(C[C@@H](C[C@H](NC(=O)[C@@H](NC(=O)CN)C(C)C)[C@@H](O)C[C@H](C(=O)O)C(C)C)C(C)C)ccc1OC. The van der Waals surface area contributed by atoms with Gasteiger partial charge >= 0.3 is 5.97 Å². The molecule has 6 N–H and O–H groups in total. The molecule has 1 rings (SSSR count). The molecule has 0 aliphatic heterocycles. The summed E-state index contributed by atoms with van der Waals surface area (Å²) >= 11 is 0. The quantitative estimate of drug-likeness (QED) is 0.132. The van der Waals surface area contributed by atoms with Crippen molar-refractivity contribution in [2.24, 2.45) is 35.3 Å². The Hall–Kier alpha value is -2.89. The predicted octanol–water partition coefficient (Wildman–Crippen LogP) is 3.01. The Balaban J connectivity index is 3.32. The van der Waals surface area contributed by atoms with E-state index < -0.39 is 41.9 Å². The summed E-state index contributed by atoms with van der Waals surface area (Å²) in [5.41, 5.74) is 6.46. The maximum Gasteiger partial charge on any atom is 0.306 e. The Morgan fingerprint density at radius 3 is 2.09 bits per heavy atom. The molecule has 1 aromatic carbocycles. The van der Waals surface area contributed by atoms with Crippen LogP contribution in [0.25, 0.3) is 0 Å². The third-order valence-electron chi connectivity index (χ3n) is 7.84. The monoisotopic (exact) mass is 609 g/mol. The Kier molecular flexibility index (Phi) is 17.2. The molecule has 0 spiro atoms. The van der Waals surface area contributed by atoms with Gasteiger partial charge in [-0.05, 0) is 60.6 Å². The van der Waals surface area contributed by atoms with E-state index in [1.165, 1.54) is 0 Å². The largest absolute Gasteiger partial charge is 0.493 e. The maximum atomic E-state index is 13.4. The number of amides is 2. The minimum Gasteiger partial charge on any atom is -0.493 e. The number of aliphatic hydroxyl groups is 1. The number of carboxylic acid groups (broad SMARTS) is 1. The molecule has 0 saturated carbocycles. The number of benzene rings is 1. The number of nitrogens with two attached hydrogens (primary N) is 1. The number of carbonyl (C=O) groups excluding carboxylic acids is 2. The highest BCUT2D eigenvalue weighted by molar-refractivity contribution is 5.88. The Bertz CT molecular complexity index is 1000. The second kappa shape index (κ2) is 19.4. The topological polar surface area (TPSA) is 169 Å². The Morgan fingerprint density at radius 1 is 0.907 bits per heavy atom. The van der Waals surface area contributed by atoms with Gasteiger partial charge in [0.15, 0.2) is 11.5 Å². The van der Waals surface area contributed by atoms with Crippen LogP contribution in [0.4, 0.5) is 0 Å². The van der Waals surface area contributed by atoms with Gasteiger partial charge in [0.05, 0.1) is 38.3 Å². The summed E-state index contributed by atoms with van der Waals surface area (Å²) in [6, 6.07) is 4.17. The van der Waals surface area contributed by atoms with E-state index in [1.807, 2.05) is 18.2 Å². The minimum absolute atomic E-state index is 0.00754. The van der Waals surface area contributed by atoms with E-state index in [9.17, 15) is 24.6 Å². The van der Waals surface area contributed by atoms with Gasteiger partial charge in [0.1, 0.15) is 6.04 Å². The number of nitrogens with one attached hydrogen (secondary N) is 2. The fourth-order valence-electron chi connectivity index (χ4n) is 5.00. The van der Waals surface area contributed by atoms with Crippen molar-refractivity contribution in [2.45, 2.75) is 85.4 Å². The van der Waals surface area contributed by atoms with Crippen molar-refractivity contribution < 1.29 is 38.8 Å². The number of ether oxygens (including phenoxy) is 3. The standard InChI is InChI=1S/C32H55N3O8/c1-19(2)23(14-22-10-11-27(42-8)28(15-22)43-13-9-12-41-7)16-25(26(36)17-24(20(3)4)32(39)40)34-31(38)30(21(5)6)35-29(37)18-33/h10-11,15,19-21,23-26,30,36H,9,12-14,16-18,33H2,1-8H3,(H,34,38)(H,35,37)(H,39,40)/t23-,24-,25-,26-,30-/m0/s1. The third-order valence-corrected chi connectivity index (χ3v) is 7.84. The number of carbonyl (C=O) groups is 3. The summed E-state index contributed by atoms with van der Waals surface area (Å²) in [5, 5.41) is 26.8. The minimum atomic E-state index is -1.12. The lowest BCUT2D eigenvalue weighted by Gasteiger charge is -2.33. The van der Waals surface area contributed by atoms with Crippen molar-refractivity contribution in [1.82, 2.24) is 10.6 Å². The second-order valence-electron chi connectivity index (χ2n) is 12.2. The van der Waals surface area contributed by atoms with Crippen molar-refractivity contribution in [3.8, 4) is 11.5 Å². The van der Waals surface area contributed by atoms with Crippen LogP contribution in [0.2, 0.25) is 0 Å². The van der Waals surface area contributed by atoms with Crippen molar-refractivity contribution in [2.75, 3.05) is 34.0 Å². The Labute approximate surface area is 257 Å². The molecule has 0 bridgehead atoms. The zero-order valence-corrected chi connectivity index (χ0v) is 27.2. The molecule has 246 valence electrons. The van der Waals surface area contributed by atoms with Gasteiger partial charge in [-0.1, -0.05) is 47.6 Å². The molecule has 43 heavy (non-hydrogen) atoms. The van der Waals surface area contributed by atoms with Gasteiger partial charge in [-0.3, -0.25) is 14.4 Å². The molecule has 1 aromatic rings. The molecule has 0 heterocycles. The highest BCUT2D eigenvalue weighted by Crippen LogP contribution is 2.32. The van der Waals surface area contributed by atoms with Crippen LogP contribution < -0.4 is 25.8 Å². The van der Waals surface area contributed by atoms with E-state index in [1.54, 1.807) is 41.9 Å². The van der Waals surface area contributed by atoms with Gasteiger partial charge in [-0.15, -0.1) is 0 Å². The number of aliphatic carboxylic acids is 1. The number of rotatable bonds is 21. The molecule has 0 aliphatic rings. The van der Waals surface area contributed by atoms with E-state index in [4.69, 9.17) is 19.9 Å². The predicted molar refractivity (Wildman–Crippen MR) is 166 cm³/mol. The fraction of sp³-hybridized carbons (Fsp3) is 0.719. The summed E-state index contributed by atoms with van der Waals surface area (Å²) in [6.45, 7) is 12.2. The fourth-order valence-corrected chi connectivity index (χ4v) is 5.00. The summed E-state index contributed by atoms with van der Waals surface area (Å²) in [5.74, 6) is -1.72. The van der Waals surface area contributed by atoms with Crippen LogP contribution in [0.5, 0.6) is 11.5 Å². The zero-order chi connectivity index (χ0) is 32.7. The first kappa shape index (κ1) is 38.1. The number of carboxylic acids is 1. The highest BCUT2D eigenvalue weighted by atomic mass is 16.5. The average Bonchev–Trinajstić information content (AvgIpc) is 2.95.